The molecule has 1 unspecified atom stereocenters. The van der Waals surface area contributed by atoms with Crippen LogP contribution in [0.15, 0.2) is 35.6 Å². The van der Waals surface area contributed by atoms with E-state index in [4.69, 9.17) is 16.3 Å². The fraction of sp³-hybridized carbons (Fsp3) is 0.368. The second-order valence-corrected chi connectivity index (χ2v) is 8.34. The standard InChI is InChI=1S/C19H21ClN6O2S/c1-12(29-17-15-16(22-11-21-15)23-19(20)24-17)18(27)26-8-6-25(7-9-26)13-4-3-5-14(10-13)28-2/h3-5,10-12H,6-9H2,1-2H3,(H,21,22,23,24). The maximum atomic E-state index is 13.0. The molecule has 0 saturated carbocycles. The van der Waals surface area contributed by atoms with Crippen molar-refractivity contribution in [2.45, 2.75) is 17.2 Å². The number of carbonyl (C=O) groups excluding carboxylic acids is 1. The molecule has 152 valence electrons. The third-order valence-electron chi connectivity index (χ3n) is 4.87. The Hall–Kier alpha value is -2.52. The van der Waals surface area contributed by atoms with Gasteiger partial charge in [0.25, 0.3) is 0 Å². The fourth-order valence-corrected chi connectivity index (χ4v) is 4.54. The van der Waals surface area contributed by atoms with Crippen LogP contribution in [0.1, 0.15) is 6.92 Å². The molecule has 4 rings (SSSR count). The molecule has 3 aromatic rings. The summed E-state index contributed by atoms with van der Waals surface area (Å²) in [5.74, 6) is 0.919. The Labute approximate surface area is 177 Å². The predicted molar refractivity (Wildman–Crippen MR) is 114 cm³/mol. The normalized spacial score (nSPS) is 15.6. The predicted octanol–water partition coefficient (Wildman–Crippen LogP) is 2.84. The van der Waals surface area contributed by atoms with E-state index >= 15 is 0 Å². The zero-order valence-electron chi connectivity index (χ0n) is 16.1. The number of ether oxygens (including phenoxy) is 1. The van der Waals surface area contributed by atoms with Gasteiger partial charge in [0.05, 0.1) is 18.7 Å². The Balaban J connectivity index is 1.39. The quantitative estimate of drug-likeness (QED) is 0.377. The first-order chi connectivity index (χ1) is 14.0. The van der Waals surface area contributed by atoms with Crippen LogP contribution in [0.3, 0.4) is 0 Å². The van der Waals surface area contributed by atoms with Gasteiger partial charge < -0.3 is 19.5 Å². The number of piperazine rings is 1. The van der Waals surface area contributed by atoms with Gasteiger partial charge in [0.1, 0.15) is 16.3 Å². The van der Waals surface area contributed by atoms with E-state index in [0.29, 0.717) is 29.3 Å². The van der Waals surface area contributed by atoms with Gasteiger partial charge in [-0.2, -0.15) is 4.98 Å². The van der Waals surface area contributed by atoms with Crippen molar-refractivity contribution in [2.24, 2.45) is 0 Å². The lowest BCUT2D eigenvalue weighted by Crippen LogP contribution is -2.50. The molecule has 2 aromatic heterocycles. The summed E-state index contributed by atoms with van der Waals surface area (Å²) in [5.41, 5.74) is 2.30. The van der Waals surface area contributed by atoms with E-state index in [1.54, 1.807) is 13.4 Å². The molecule has 1 saturated heterocycles. The molecular formula is C19H21ClN6O2S. The van der Waals surface area contributed by atoms with Gasteiger partial charge in [-0.15, -0.1) is 0 Å². The van der Waals surface area contributed by atoms with Crippen LogP contribution in [0.4, 0.5) is 5.69 Å². The SMILES string of the molecule is COc1cccc(N2CCN(C(=O)C(C)Sc3nc(Cl)nc4nc[nH]c34)CC2)c1. The number of nitrogens with zero attached hydrogens (tertiary/aromatic N) is 5. The molecule has 1 aliphatic heterocycles. The summed E-state index contributed by atoms with van der Waals surface area (Å²) >= 11 is 7.36. The Morgan fingerprint density at radius 1 is 1.28 bits per heavy atom. The Morgan fingerprint density at radius 3 is 2.83 bits per heavy atom. The summed E-state index contributed by atoms with van der Waals surface area (Å²) in [6.45, 7) is 4.79. The molecule has 1 fully saturated rings. The molecule has 0 aliphatic carbocycles. The minimum Gasteiger partial charge on any atom is -0.497 e. The van der Waals surface area contributed by atoms with Crippen molar-refractivity contribution in [2.75, 3.05) is 38.2 Å². The Kier molecular flexibility index (Phi) is 5.77. The first kappa shape index (κ1) is 19.8. The Bertz CT molecular complexity index is 1020. The second-order valence-electron chi connectivity index (χ2n) is 6.67. The van der Waals surface area contributed by atoms with Crippen LogP contribution in [0.25, 0.3) is 11.2 Å². The maximum Gasteiger partial charge on any atom is 0.235 e. The number of H-pyrrole nitrogens is 1. The smallest absolute Gasteiger partial charge is 0.235 e. The average Bonchev–Trinajstić information content (AvgIpc) is 3.22. The lowest BCUT2D eigenvalue weighted by molar-refractivity contribution is -0.130. The summed E-state index contributed by atoms with van der Waals surface area (Å²) in [5, 5.41) is 0.461. The molecule has 8 nitrogen and oxygen atoms in total. The van der Waals surface area contributed by atoms with E-state index in [1.807, 2.05) is 30.0 Å². The third kappa shape index (κ3) is 4.25. The van der Waals surface area contributed by atoms with Gasteiger partial charge in [0.2, 0.25) is 11.2 Å². The highest BCUT2D eigenvalue weighted by Crippen LogP contribution is 2.29. The number of fused-ring (bicyclic) bond motifs is 1. The molecule has 0 radical (unpaired) electrons. The number of hydrogen-bond acceptors (Lipinski definition) is 7. The van der Waals surface area contributed by atoms with Crippen molar-refractivity contribution < 1.29 is 9.53 Å². The van der Waals surface area contributed by atoms with Gasteiger partial charge in [0.15, 0.2) is 5.65 Å². The van der Waals surface area contributed by atoms with Crippen LogP contribution in [-0.2, 0) is 4.79 Å². The third-order valence-corrected chi connectivity index (χ3v) is 6.11. The zero-order valence-corrected chi connectivity index (χ0v) is 17.7. The largest absolute Gasteiger partial charge is 0.497 e. The minimum atomic E-state index is -0.296. The van der Waals surface area contributed by atoms with E-state index in [2.05, 4.69) is 30.9 Å². The molecule has 1 N–H and O–H groups in total. The summed E-state index contributed by atoms with van der Waals surface area (Å²) in [6, 6.07) is 7.99. The summed E-state index contributed by atoms with van der Waals surface area (Å²) < 4.78 is 5.31. The Morgan fingerprint density at radius 2 is 2.07 bits per heavy atom. The van der Waals surface area contributed by atoms with E-state index in [1.165, 1.54) is 11.8 Å². The molecule has 29 heavy (non-hydrogen) atoms. The van der Waals surface area contributed by atoms with Crippen molar-refractivity contribution in [1.29, 1.82) is 0 Å². The number of benzene rings is 1. The maximum absolute atomic E-state index is 13.0. The van der Waals surface area contributed by atoms with Crippen molar-refractivity contribution in [3.8, 4) is 5.75 Å². The lowest BCUT2D eigenvalue weighted by Gasteiger charge is -2.37. The van der Waals surface area contributed by atoms with Gasteiger partial charge >= 0.3 is 0 Å². The number of imidazole rings is 1. The van der Waals surface area contributed by atoms with E-state index < -0.39 is 0 Å². The molecule has 0 bridgehead atoms. The van der Waals surface area contributed by atoms with Crippen LogP contribution in [0, 0.1) is 0 Å². The number of thioether (sulfide) groups is 1. The number of hydrogen-bond donors (Lipinski definition) is 1. The molecule has 10 heteroatoms. The highest BCUT2D eigenvalue weighted by molar-refractivity contribution is 8.00. The van der Waals surface area contributed by atoms with Gasteiger partial charge in [-0.3, -0.25) is 4.79 Å². The first-order valence-corrected chi connectivity index (χ1v) is 10.5. The highest BCUT2D eigenvalue weighted by Gasteiger charge is 2.27. The van der Waals surface area contributed by atoms with Crippen molar-refractivity contribution in [3.05, 3.63) is 35.9 Å². The molecule has 1 aromatic carbocycles. The van der Waals surface area contributed by atoms with Gasteiger partial charge in [-0.05, 0) is 30.7 Å². The van der Waals surface area contributed by atoms with Crippen molar-refractivity contribution >= 4 is 46.1 Å². The number of carbonyl (C=O) groups is 1. The molecule has 1 aliphatic rings. The number of amides is 1. The number of rotatable bonds is 5. The monoisotopic (exact) mass is 432 g/mol. The summed E-state index contributed by atoms with van der Waals surface area (Å²) in [4.78, 5) is 32.6. The number of aromatic amines is 1. The molecular weight excluding hydrogens is 412 g/mol. The highest BCUT2D eigenvalue weighted by atomic mass is 35.5. The average molecular weight is 433 g/mol. The second kappa shape index (κ2) is 8.46. The number of halogens is 1. The van der Waals surface area contributed by atoms with Crippen LogP contribution in [0.5, 0.6) is 5.75 Å². The van der Waals surface area contributed by atoms with E-state index in [-0.39, 0.29) is 16.4 Å². The summed E-state index contributed by atoms with van der Waals surface area (Å²) in [7, 11) is 1.66. The summed E-state index contributed by atoms with van der Waals surface area (Å²) in [6.07, 6.45) is 1.55. The zero-order chi connectivity index (χ0) is 20.4. The van der Waals surface area contributed by atoms with Crippen LogP contribution >= 0.6 is 23.4 Å². The molecule has 1 amide bonds. The number of methoxy groups -OCH3 is 1. The van der Waals surface area contributed by atoms with Gasteiger partial charge in [-0.1, -0.05) is 17.8 Å². The lowest BCUT2D eigenvalue weighted by atomic mass is 10.2. The topological polar surface area (TPSA) is 87.2 Å². The van der Waals surface area contributed by atoms with Crippen LogP contribution < -0.4 is 9.64 Å². The van der Waals surface area contributed by atoms with Crippen LogP contribution in [0.2, 0.25) is 5.28 Å². The van der Waals surface area contributed by atoms with E-state index in [0.717, 1.165) is 24.5 Å². The fourth-order valence-electron chi connectivity index (χ4n) is 3.33. The minimum absolute atomic E-state index is 0.0858. The van der Waals surface area contributed by atoms with Crippen molar-refractivity contribution in [3.63, 3.8) is 0 Å². The van der Waals surface area contributed by atoms with E-state index in [9.17, 15) is 4.79 Å². The molecule has 3 heterocycles. The number of nitrogens with one attached hydrogen (secondary N) is 1. The molecule has 0 spiro atoms. The van der Waals surface area contributed by atoms with Crippen LogP contribution in [-0.4, -0.2) is 69.3 Å². The number of anilines is 1. The molecule has 1 atom stereocenters. The van der Waals surface area contributed by atoms with Crippen molar-refractivity contribution in [1.82, 2.24) is 24.8 Å². The first-order valence-electron chi connectivity index (χ1n) is 9.26. The number of aromatic nitrogens is 4. The van der Waals surface area contributed by atoms with Gasteiger partial charge in [-0.25, -0.2) is 9.97 Å². The van der Waals surface area contributed by atoms with Gasteiger partial charge in [0, 0.05) is 37.9 Å².